The average molecular weight is 267 g/mol. The van der Waals surface area contributed by atoms with Gasteiger partial charge in [-0.25, -0.2) is 4.98 Å². The number of hydrogen-bond acceptors (Lipinski definition) is 4. The predicted octanol–water partition coefficient (Wildman–Crippen LogP) is 3.35. The molecule has 4 heteroatoms. The fraction of sp³-hybridized carbons (Fsp3) is 0.786. The first-order chi connectivity index (χ1) is 8.34. The molecular formula is C14H25N3S. The van der Waals surface area contributed by atoms with Gasteiger partial charge in [-0.15, -0.1) is 11.3 Å². The van der Waals surface area contributed by atoms with Gasteiger partial charge in [-0.2, -0.15) is 0 Å². The minimum absolute atomic E-state index is 0.253. The number of anilines is 1. The van der Waals surface area contributed by atoms with E-state index >= 15 is 0 Å². The van der Waals surface area contributed by atoms with Crippen molar-refractivity contribution < 1.29 is 0 Å². The van der Waals surface area contributed by atoms with Crippen molar-refractivity contribution in [2.75, 3.05) is 11.9 Å². The molecular weight excluding hydrogens is 242 g/mol. The largest absolute Gasteiger partial charge is 0.348 e. The summed E-state index contributed by atoms with van der Waals surface area (Å²) >= 11 is 1.77. The Morgan fingerprint density at radius 2 is 2.06 bits per heavy atom. The van der Waals surface area contributed by atoms with Crippen LogP contribution in [0.3, 0.4) is 0 Å². The first kappa shape index (κ1) is 13.8. The third-order valence-corrected chi connectivity index (χ3v) is 5.19. The molecule has 1 unspecified atom stereocenters. The monoisotopic (exact) mass is 267 g/mol. The maximum atomic E-state index is 5.84. The lowest BCUT2D eigenvalue weighted by atomic mass is 9.87. The number of nitrogens with two attached hydrogens (primary N) is 1. The summed E-state index contributed by atoms with van der Waals surface area (Å²) in [5.41, 5.74) is 7.37. The van der Waals surface area contributed by atoms with E-state index in [1.807, 2.05) is 0 Å². The summed E-state index contributed by atoms with van der Waals surface area (Å²) in [4.78, 5) is 8.42. The maximum absolute atomic E-state index is 5.84. The molecule has 1 aliphatic carbocycles. The van der Waals surface area contributed by atoms with Gasteiger partial charge in [0.15, 0.2) is 5.13 Å². The van der Waals surface area contributed by atoms with E-state index in [0.29, 0.717) is 18.5 Å². The summed E-state index contributed by atoms with van der Waals surface area (Å²) in [6.45, 7) is 9.70. The molecule has 1 aliphatic rings. The zero-order valence-corrected chi connectivity index (χ0v) is 13.0. The summed E-state index contributed by atoms with van der Waals surface area (Å²) in [5, 5.41) is 1.12. The van der Waals surface area contributed by atoms with Gasteiger partial charge in [-0.1, -0.05) is 20.8 Å². The number of aromatic nitrogens is 1. The molecule has 1 heterocycles. The van der Waals surface area contributed by atoms with Gasteiger partial charge in [-0.05, 0) is 25.2 Å². The fourth-order valence-electron chi connectivity index (χ4n) is 2.07. The van der Waals surface area contributed by atoms with Gasteiger partial charge in [0.2, 0.25) is 0 Å². The van der Waals surface area contributed by atoms with Gasteiger partial charge in [0.25, 0.3) is 0 Å². The van der Waals surface area contributed by atoms with E-state index in [-0.39, 0.29) is 5.41 Å². The summed E-state index contributed by atoms with van der Waals surface area (Å²) in [7, 11) is 2.14. The molecule has 2 N–H and O–H groups in total. The Balaban J connectivity index is 2.22. The molecule has 0 spiro atoms. The number of nitrogens with zero attached hydrogens (tertiary/aromatic N) is 2. The minimum Gasteiger partial charge on any atom is -0.348 e. The lowest BCUT2D eigenvalue weighted by molar-refractivity contribution is 0.329. The average Bonchev–Trinajstić information content (AvgIpc) is 3.05. The molecule has 1 aromatic rings. The van der Waals surface area contributed by atoms with Crippen LogP contribution < -0.4 is 10.6 Å². The number of thiazole rings is 1. The van der Waals surface area contributed by atoms with Crippen LogP contribution >= 0.6 is 11.3 Å². The van der Waals surface area contributed by atoms with Crippen LogP contribution in [0.5, 0.6) is 0 Å². The van der Waals surface area contributed by atoms with Crippen LogP contribution in [-0.4, -0.2) is 18.1 Å². The first-order valence-corrected chi connectivity index (χ1v) is 7.58. The molecule has 1 atom stereocenters. The van der Waals surface area contributed by atoms with E-state index in [0.717, 1.165) is 5.13 Å². The second kappa shape index (κ2) is 4.82. The minimum atomic E-state index is 0.253. The SMILES string of the molecule is CC(N(C)c1nc(C2CC2)c(CN)s1)C(C)(C)C. The van der Waals surface area contributed by atoms with Gasteiger partial charge in [-0.3, -0.25) is 0 Å². The Morgan fingerprint density at radius 1 is 1.44 bits per heavy atom. The molecule has 1 saturated carbocycles. The van der Waals surface area contributed by atoms with Crippen molar-refractivity contribution in [3.63, 3.8) is 0 Å². The van der Waals surface area contributed by atoms with Gasteiger partial charge in [0.1, 0.15) is 0 Å². The lowest BCUT2D eigenvalue weighted by Gasteiger charge is -2.35. The number of hydrogen-bond donors (Lipinski definition) is 1. The summed E-state index contributed by atoms with van der Waals surface area (Å²) in [6.07, 6.45) is 2.57. The number of rotatable bonds is 4. The Kier molecular flexibility index (Phi) is 3.70. The van der Waals surface area contributed by atoms with Crippen LogP contribution in [0.1, 0.15) is 57.0 Å². The Hall–Kier alpha value is -0.610. The van der Waals surface area contributed by atoms with Crippen LogP contribution in [0.4, 0.5) is 5.13 Å². The smallest absolute Gasteiger partial charge is 0.185 e. The summed E-state index contributed by atoms with van der Waals surface area (Å²) in [5.74, 6) is 0.687. The van der Waals surface area contributed by atoms with Gasteiger partial charge in [0, 0.05) is 30.4 Å². The van der Waals surface area contributed by atoms with Gasteiger partial charge < -0.3 is 10.6 Å². The third kappa shape index (κ3) is 2.69. The molecule has 2 rings (SSSR count). The fourth-order valence-corrected chi connectivity index (χ4v) is 3.14. The normalized spacial score (nSPS) is 17.9. The van der Waals surface area contributed by atoms with Crippen molar-refractivity contribution in [3.8, 4) is 0 Å². The highest BCUT2D eigenvalue weighted by atomic mass is 32.1. The second-order valence-corrected chi connectivity index (χ2v) is 7.50. The van der Waals surface area contributed by atoms with Crippen molar-refractivity contribution in [2.24, 2.45) is 11.1 Å². The third-order valence-electron chi connectivity index (χ3n) is 4.00. The molecule has 0 amide bonds. The molecule has 1 fully saturated rings. The van der Waals surface area contributed by atoms with E-state index < -0.39 is 0 Å². The zero-order chi connectivity index (χ0) is 13.5. The van der Waals surface area contributed by atoms with E-state index in [2.05, 4.69) is 39.6 Å². The molecule has 0 aliphatic heterocycles. The highest BCUT2D eigenvalue weighted by Crippen LogP contribution is 2.44. The molecule has 102 valence electrons. The molecule has 0 bridgehead atoms. The Morgan fingerprint density at radius 3 is 2.50 bits per heavy atom. The molecule has 3 nitrogen and oxygen atoms in total. The van der Waals surface area contributed by atoms with Crippen molar-refractivity contribution in [3.05, 3.63) is 10.6 Å². The highest BCUT2D eigenvalue weighted by molar-refractivity contribution is 7.15. The van der Waals surface area contributed by atoms with E-state index in [9.17, 15) is 0 Å². The van der Waals surface area contributed by atoms with E-state index in [1.54, 1.807) is 11.3 Å². The van der Waals surface area contributed by atoms with Crippen LogP contribution in [0.15, 0.2) is 0 Å². The molecule has 0 aromatic carbocycles. The van der Waals surface area contributed by atoms with Crippen LogP contribution in [0.25, 0.3) is 0 Å². The van der Waals surface area contributed by atoms with Crippen molar-refractivity contribution in [1.29, 1.82) is 0 Å². The van der Waals surface area contributed by atoms with Crippen LogP contribution in [0.2, 0.25) is 0 Å². The maximum Gasteiger partial charge on any atom is 0.185 e. The van der Waals surface area contributed by atoms with Crippen LogP contribution in [-0.2, 0) is 6.54 Å². The highest BCUT2D eigenvalue weighted by Gasteiger charge is 2.31. The van der Waals surface area contributed by atoms with Crippen molar-refractivity contribution >= 4 is 16.5 Å². The lowest BCUT2D eigenvalue weighted by Crippen LogP contribution is -2.39. The summed E-state index contributed by atoms with van der Waals surface area (Å²) in [6, 6.07) is 0.460. The second-order valence-electron chi connectivity index (χ2n) is 6.44. The van der Waals surface area contributed by atoms with E-state index in [4.69, 9.17) is 10.7 Å². The van der Waals surface area contributed by atoms with Gasteiger partial charge >= 0.3 is 0 Å². The van der Waals surface area contributed by atoms with Gasteiger partial charge in [0.05, 0.1) is 5.69 Å². The quantitative estimate of drug-likeness (QED) is 0.909. The molecule has 1 aromatic heterocycles. The van der Waals surface area contributed by atoms with Crippen molar-refractivity contribution in [1.82, 2.24) is 4.98 Å². The standard InChI is InChI=1S/C14H25N3S/c1-9(14(2,3)4)17(5)13-16-12(10-6-7-10)11(8-15)18-13/h9-10H,6-8,15H2,1-5H3. The molecule has 18 heavy (non-hydrogen) atoms. The topological polar surface area (TPSA) is 42.2 Å². The molecule has 0 radical (unpaired) electrons. The predicted molar refractivity (Wildman–Crippen MR) is 79.3 cm³/mol. The zero-order valence-electron chi connectivity index (χ0n) is 12.2. The van der Waals surface area contributed by atoms with Crippen molar-refractivity contribution in [2.45, 2.75) is 59.0 Å². The summed E-state index contributed by atoms with van der Waals surface area (Å²) < 4.78 is 0. The van der Waals surface area contributed by atoms with Crippen LogP contribution in [0, 0.1) is 5.41 Å². The first-order valence-electron chi connectivity index (χ1n) is 6.77. The molecule has 0 saturated heterocycles. The van der Waals surface area contributed by atoms with E-state index in [1.165, 1.54) is 23.4 Å². The Labute approximate surface area is 114 Å². The Bertz CT molecular complexity index is 415.